The Morgan fingerprint density at radius 1 is 1.06 bits per heavy atom. The van der Waals surface area contributed by atoms with Crippen molar-refractivity contribution >= 4 is 43.5 Å². The molecule has 0 saturated carbocycles. The average Bonchev–Trinajstić information content (AvgIpc) is 2.75. The normalized spacial score (nSPS) is 12.3. The number of rotatable bonds is 10. The number of carbonyl (C=O) groups excluding carboxylic acids is 2. The van der Waals surface area contributed by atoms with Crippen LogP contribution in [0, 0.1) is 12.8 Å². The first kappa shape index (κ1) is 26.9. The maximum atomic E-state index is 13.4. The van der Waals surface area contributed by atoms with Crippen LogP contribution in [0.25, 0.3) is 0 Å². The minimum atomic E-state index is -3.75. The van der Waals surface area contributed by atoms with Crippen molar-refractivity contribution in [2.45, 2.75) is 40.3 Å². The van der Waals surface area contributed by atoms with E-state index in [9.17, 15) is 18.0 Å². The molecule has 2 aromatic carbocycles. The van der Waals surface area contributed by atoms with Crippen molar-refractivity contribution < 1.29 is 18.0 Å². The third-order valence-corrected chi connectivity index (χ3v) is 7.19. The second kappa shape index (κ2) is 11.7. The number of amides is 2. The molecular weight excluding hydrogens is 506 g/mol. The predicted octanol–water partition coefficient (Wildman–Crippen LogP) is 3.71. The van der Waals surface area contributed by atoms with Crippen molar-refractivity contribution in [3.05, 3.63) is 64.1 Å². The smallest absolute Gasteiger partial charge is 0.244 e. The zero-order chi connectivity index (χ0) is 24.8. The minimum Gasteiger partial charge on any atom is -0.354 e. The van der Waals surface area contributed by atoms with Crippen LogP contribution >= 0.6 is 15.9 Å². The van der Waals surface area contributed by atoms with E-state index in [1.807, 2.05) is 51.1 Å². The van der Waals surface area contributed by atoms with Gasteiger partial charge in [-0.2, -0.15) is 0 Å². The Morgan fingerprint density at radius 2 is 1.70 bits per heavy atom. The predicted molar refractivity (Wildman–Crippen MR) is 135 cm³/mol. The third-order valence-electron chi connectivity index (χ3n) is 5.16. The molecular formula is C24H32BrN3O4S. The van der Waals surface area contributed by atoms with Gasteiger partial charge in [0.1, 0.15) is 12.6 Å². The number of nitrogens with one attached hydrogen (secondary N) is 1. The van der Waals surface area contributed by atoms with Gasteiger partial charge >= 0.3 is 0 Å². The molecule has 1 atom stereocenters. The van der Waals surface area contributed by atoms with E-state index in [1.165, 1.54) is 4.90 Å². The van der Waals surface area contributed by atoms with Gasteiger partial charge in [0.15, 0.2) is 0 Å². The van der Waals surface area contributed by atoms with Crippen molar-refractivity contribution in [2.24, 2.45) is 5.92 Å². The lowest BCUT2D eigenvalue weighted by atomic mass is 10.1. The fourth-order valence-corrected chi connectivity index (χ4v) is 4.30. The molecule has 1 N–H and O–H groups in total. The van der Waals surface area contributed by atoms with Gasteiger partial charge in [0, 0.05) is 17.6 Å². The van der Waals surface area contributed by atoms with E-state index in [1.54, 1.807) is 25.1 Å². The Morgan fingerprint density at radius 3 is 2.24 bits per heavy atom. The summed E-state index contributed by atoms with van der Waals surface area (Å²) in [5, 5.41) is 2.86. The second-order valence-electron chi connectivity index (χ2n) is 8.53. The average molecular weight is 539 g/mol. The molecule has 0 radical (unpaired) electrons. The van der Waals surface area contributed by atoms with Crippen molar-refractivity contribution in [2.75, 3.05) is 23.7 Å². The Bertz CT molecular complexity index is 1070. The zero-order valence-corrected chi connectivity index (χ0v) is 22.1. The van der Waals surface area contributed by atoms with Crippen LogP contribution in [0.15, 0.2) is 53.0 Å². The fourth-order valence-electron chi connectivity index (χ4n) is 3.21. The number of carbonyl (C=O) groups is 2. The van der Waals surface area contributed by atoms with E-state index < -0.39 is 28.5 Å². The van der Waals surface area contributed by atoms with Crippen molar-refractivity contribution in [1.82, 2.24) is 10.2 Å². The Hall–Kier alpha value is -2.39. The largest absolute Gasteiger partial charge is 0.354 e. The molecule has 0 spiro atoms. The van der Waals surface area contributed by atoms with E-state index in [0.717, 1.165) is 26.2 Å². The fraction of sp³-hybridized carbons (Fsp3) is 0.417. The number of aryl methyl sites for hydroxylation is 1. The van der Waals surface area contributed by atoms with Gasteiger partial charge in [0.25, 0.3) is 0 Å². The van der Waals surface area contributed by atoms with Crippen LogP contribution in [0.4, 0.5) is 5.69 Å². The van der Waals surface area contributed by atoms with Crippen LogP contribution in [0.5, 0.6) is 0 Å². The molecule has 0 fully saturated rings. The Kier molecular flexibility index (Phi) is 9.48. The topological polar surface area (TPSA) is 86.8 Å². The molecule has 0 bridgehead atoms. The van der Waals surface area contributed by atoms with Gasteiger partial charge in [-0.3, -0.25) is 13.9 Å². The molecule has 33 heavy (non-hydrogen) atoms. The van der Waals surface area contributed by atoms with E-state index in [4.69, 9.17) is 0 Å². The van der Waals surface area contributed by atoms with Gasteiger partial charge in [0.05, 0.1) is 11.9 Å². The standard InChI is InChI=1S/C24H32BrN3O4S/c1-17(2)14-26-24(30)19(4)27(15-20-9-7-6-8-10-20)23(29)16-28(33(5,31)32)21-11-12-22(25)18(3)13-21/h6-13,17,19H,14-16H2,1-5H3,(H,26,30)/t19-/m1/s1. The Balaban J connectivity index is 2.36. The maximum Gasteiger partial charge on any atom is 0.244 e. The van der Waals surface area contributed by atoms with Gasteiger partial charge < -0.3 is 10.2 Å². The van der Waals surface area contributed by atoms with Crippen molar-refractivity contribution in [1.29, 1.82) is 0 Å². The summed E-state index contributed by atoms with van der Waals surface area (Å²) in [7, 11) is -3.75. The highest BCUT2D eigenvalue weighted by Gasteiger charge is 2.30. The zero-order valence-electron chi connectivity index (χ0n) is 19.7. The summed E-state index contributed by atoms with van der Waals surface area (Å²) in [5.74, 6) is -0.476. The SMILES string of the molecule is Cc1cc(N(CC(=O)N(Cc2ccccc2)[C@H](C)C(=O)NCC(C)C)S(C)(=O)=O)ccc1Br. The summed E-state index contributed by atoms with van der Waals surface area (Å²) in [4.78, 5) is 27.6. The van der Waals surface area contributed by atoms with Crippen LogP contribution < -0.4 is 9.62 Å². The lowest BCUT2D eigenvalue weighted by Gasteiger charge is -2.31. The van der Waals surface area contributed by atoms with Crippen molar-refractivity contribution in [3.8, 4) is 0 Å². The number of nitrogens with zero attached hydrogens (tertiary/aromatic N) is 2. The number of hydrogen-bond donors (Lipinski definition) is 1. The molecule has 0 heterocycles. The van der Waals surface area contributed by atoms with Gasteiger partial charge in [-0.1, -0.05) is 60.1 Å². The molecule has 0 aromatic heterocycles. The maximum absolute atomic E-state index is 13.4. The van der Waals surface area contributed by atoms with Crippen LogP contribution in [0.3, 0.4) is 0 Å². The monoisotopic (exact) mass is 537 g/mol. The highest BCUT2D eigenvalue weighted by molar-refractivity contribution is 9.10. The lowest BCUT2D eigenvalue weighted by Crippen LogP contribution is -2.51. The summed E-state index contributed by atoms with van der Waals surface area (Å²) < 4.78 is 27.1. The molecule has 0 unspecified atom stereocenters. The lowest BCUT2D eigenvalue weighted by molar-refractivity contribution is -0.139. The van der Waals surface area contributed by atoms with E-state index >= 15 is 0 Å². The summed E-state index contributed by atoms with van der Waals surface area (Å²) in [6.07, 6.45) is 1.07. The second-order valence-corrected chi connectivity index (χ2v) is 11.3. The molecule has 9 heteroatoms. The quantitative estimate of drug-likeness (QED) is 0.500. The summed E-state index contributed by atoms with van der Waals surface area (Å²) in [6.45, 7) is 7.75. The molecule has 0 aliphatic carbocycles. The van der Waals surface area contributed by atoms with E-state index in [0.29, 0.717) is 12.2 Å². The molecule has 2 rings (SSSR count). The molecule has 0 saturated heterocycles. The molecule has 0 aliphatic heterocycles. The first-order valence-corrected chi connectivity index (χ1v) is 13.4. The number of halogens is 1. The Labute approximate surface area is 205 Å². The van der Waals surface area contributed by atoms with Gasteiger partial charge in [-0.15, -0.1) is 0 Å². The number of sulfonamides is 1. The van der Waals surface area contributed by atoms with Crippen LogP contribution in [-0.2, 0) is 26.2 Å². The van der Waals surface area contributed by atoms with Crippen LogP contribution in [0.1, 0.15) is 31.9 Å². The third kappa shape index (κ3) is 7.85. The molecule has 0 aliphatic rings. The number of hydrogen-bond acceptors (Lipinski definition) is 4. The first-order valence-electron chi connectivity index (χ1n) is 10.7. The van der Waals surface area contributed by atoms with E-state index in [-0.39, 0.29) is 18.4 Å². The molecule has 180 valence electrons. The minimum absolute atomic E-state index is 0.187. The van der Waals surface area contributed by atoms with E-state index in [2.05, 4.69) is 21.2 Å². The van der Waals surface area contributed by atoms with Crippen molar-refractivity contribution in [3.63, 3.8) is 0 Å². The van der Waals surface area contributed by atoms with Gasteiger partial charge in [-0.05, 0) is 49.1 Å². The molecule has 2 amide bonds. The number of anilines is 1. The highest BCUT2D eigenvalue weighted by Crippen LogP contribution is 2.25. The number of benzene rings is 2. The molecule has 7 nitrogen and oxygen atoms in total. The van der Waals surface area contributed by atoms with Crippen LogP contribution in [0.2, 0.25) is 0 Å². The van der Waals surface area contributed by atoms with Crippen LogP contribution in [-0.4, -0.2) is 50.5 Å². The summed E-state index contributed by atoms with van der Waals surface area (Å²) in [6, 6.07) is 13.6. The summed E-state index contributed by atoms with van der Waals surface area (Å²) in [5.41, 5.74) is 2.08. The molecule has 2 aromatic rings. The van der Waals surface area contributed by atoms with Gasteiger partial charge in [-0.25, -0.2) is 8.42 Å². The summed E-state index contributed by atoms with van der Waals surface area (Å²) >= 11 is 3.41. The first-order chi connectivity index (χ1) is 15.4. The van der Waals surface area contributed by atoms with Gasteiger partial charge in [0.2, 0.25) is 21.8 Å². The highest BCUT2D eigenvalue weighted by atomic mass is 79.9.